The molecule has 0 aromatic heterocycles. The molecule has 0 bridgehead atoms. The molecule has 2 atom stereocenters. The van der Waals surface area contributed by atoms with E-state index in [0.29, 0.717) is 12.2 Å². The van der Waals surface area contributed by atoms with Crippen LogP contribution in [0.2, 0.25) is 0 Å². The number of allylic oxidation sites excluding steroid dienone is 1. The minimum atomic E-state index is -1.15. The highest BCUT2D eigenvalue weighted by molar-refractivity contribution is 5.81. The molecule has 1 aliphatic carbocycles. The van der Waals surface area contributed by atoms with E-state index in [2.05, 4.69) is 30.8 Å². The summed E-state index contributed by atoms with van der Waals surface area (Å²) in [5.41, 5.74) is 4.96. The van der Waals surface area contributed by atoms with Crippen molar-refractivity contribution < 1.29 is 24.5 Å². The number of hydrogen-bond donors (Lipinski definition) is 2. The van der Waals surface area contributed by atoms with Crippen molar-refractivity contribution in [3.8, 4) is 11.1 Å². The number of fused-ring (bicyclic) bond motifs is 3. The molecule has 6 heteroatoms. The molecule has 4 rings (SSSR count). The molecule has 29 heavy (non-hydrogen) atoms. The lowest BCUT2D eigenvalue weighted by Gasteiger charge is -2.21. The monoisotopic (exact) mass is 393 g/mol. The molecule has 2 N–H and O–H groups in total. The Balaban J connectivity index is 1.41. The van der Waals surface area contributed by atoms with Crippen LogP contribution < -0.4 is 0 Å². The van der Waals surface area contributed by atoms with Crippen LogP contribution >= 0.6 is 0 Å². The van der Waals surface area contributed by atoms with Gasteiger partial charge in [-0.3, -0.25) is 4.90 Å². The molecule has 150 valence electrons. The highest BCUT2D eigenvalue weighted by atomic mass is 16.6. The van der Waals surface area contributed by atoms with Gasteiger partial charge in [-0.15, -0.1) is 0 Å². The molecule has 2 aromatic carbocycles. The van der Waals surface area contributed by atoms with E-state index in [1.165, 1.54) is 22.3 Å². The van der Waals surface area contributed by atoms with Gasteiger partial charge in [0.05, 0.1) is 12.6 Å². The van der Waals surface area contributed by atoms with Gasteiger partial charge in [-0.05, 0) is 28.7 Å². The molecule has 0 radical (unpaired) electrons. The molecule has 1 heterocycles. The van der Waals surface area contributed by atoms with Gasteiger partial charge in [0.2, 0.25) is 0 Å². The van der Waals surface area contributed by atoms with E-state index in [9.17, 15) is 19.8 Å². The van der Waals surface area contributed by atoms with Crippen molar-refractivity contribution in [2.45, 2.75) is 37.3 Å². The lowest BCUT2D eigenvalue weighted by molar-refractivity contribution is -0.141. The zero-order valence-electron chi connectivity index (χ0n) is 16.0. The van der Waals surface area contributed by atoms with Gasteiger partial charge in [-0.2, -0.15) is 0 Å². The zero-order chi connectivity index (χ0) is 20.5. The number of aliphatic hydroxyl groups excluding tert-OH is 1. The van der Waals surface area contributed by atoms with E-state index in [1.54, 1.807) is 0 Å². The van der Waals surface area contributed by atoms with Gasteiger partial charge in [0.15, 0.2) is 0 Å². The molecule has 1 saturated heterocycles. The molecule has 2 aliphatic rings. The molecule has 1 fully saturated rings. The smallest absolute Gasteiger partial charge is 0.415 e. The zero-order valence-corrected chi connectivity index (χ0v) is 16.0. The first-order chi connectivity index (χ1) is 14.0. The third-order valence-corrected chi connectivity index (χ3v) is 5.70. The first-order valence-electron chi connectivity index (χ1n) is 9.71. The summed E-state index contributed by atoms with van der Waals surface area (Å²) in [6.07, 6.45) is -0.431. The van der Waals surface area contributed by atoms with Crippen molar-refractivity contribution in [3.05, 3.63) is 72.0 Å². The predicted octanol–water partition coefficient (Wildman–Crippen LogP) is 3.75. The van der Waals surface area contributed by atoms with Crippen LogP contribution in [-0.4, -0.2) is 45.9 Å². The van der Waals surface area contributed by atoms with Crippen LogP contribution in [0.15, 0.2) is 60.9 Å². The first kappa shape index (κ1) is 19.2. The minimum Gasteiger partial charge on any atom is -0.480 e. The summed E-state index contributed by atoms with van der Waals surface area (Å²) in [6, 6.07) is 15.5. The van der Waals surface area contributed by atoms with Crippen molar-refractivity contribution in [2.24, 2.45) is 0 Å². The van der Waals surface area contributed by atoms with Crippen molar-refractivity contribution in [1.82, 2.24) is 4.90 Å². The average Bonchev–Trinajstić information content (AvgIpc) is 3.25. The summed E-state index contributed by atoms with van der Waals surface area (Å²) in [7, 11) is 0. The van der Waals surface area contributed by atoms with Gasteiger partial charge < -0.3 is 14.9 Å². The number of carboxylic acid groups (broad SMARTS) is 1. The maximum absolute atomic E-state index is 12.4. The van der Waals surface area contributed by atoms with E-state index in [1.807, 2.05) is 24.3 Å². The molecule has 1 amide bonds. The maximum Gasteiger partial charge on any atom is 0.415 e. The van der Waals surface area contributed by atoms with E-state index in [4.69, 9.17) is 4.74 Å². The Hall–Kier alpha value is -3.12. The minimum absolute atomic E-state index is 0.00650. The van der Waals surface area contributed by atoms with Gasteiger partial charge in [0.1, 0.15) is 11.8 Å². The van der Waals surface area contributed by atoms with E-state index < -0.39 is 24.2 Å². The summed E-state index contributed by atoms with van der Waals surface area (Å²) >= 11 is 0. The molecule has 0 saturated carbocycles. The SMILES string of the molecule is C=C(CCC1c2ccccc2-c2ccccc21)OC(=O)N1C[C@H](O)C[C@H]1C(=O)O. The van der Waals surface area contributed by atoms with Crippen molar-refractivity contribution >= 4 is 12.1 Å². The third-order valence-electron chi connectivity index (χ3n) is 5.70. The predicted molar refractivity (Wildman–Crippen MR) is 107 cm³/mol. The van der Waals surface area contributed by atoms with Crippen LogP contribution in [-0.2, 0) is 9.53 Å². The Morgan fingerprint density at radius 1 is 1.07 bits per heavy atom. The van der Waals surface area contributed by atoms with Crippen molar-refractivity contribution in [1.29, 1.82) is 0 Å². The summed E-state index contributed by atoms with van der Waals surface area (Å²) in [5, 5.41) is 18.9. The number of carbonyl (C=O) groups excluding carboxylic acids is 1. The Labute approximate surface area is 169 Å². The Morgan fingerprint density at radius 3 is 2.24 bits per heavy atom. The van der Waals surface area contributed by atoms with E-state index in [0.717, 1.165) is 11.3 Å². The number of nitrogens with zero attached hydrogens (tertiary/aromatic N) is 1. The number of carboxylic acids is 1. The molecule has 2 aromatic rings. The second-order valence-corrected chi connectivity index (χ2v) is 7.57. The summed E-state index contributed by atoms with van der Waals surface area (Å²) < 4.78 is 5.32. The highest BCUT2D eigenvalue weighted by Gasteiger charge is 2.40. The molecular weight excluding hydrogens is 370 g/mol. The average molecular weight is 393 g/mol. The van der Waals surface area contributed by atoms with Crippen molar-refractivity contribution in [2.75, 3.05) is 6.54 Å². The van der Waals surface area contributed by atoms with Crippen LogP contribution in [0.4, 0.5) is 4.79 Å². The van der Waals surface area contributed by atoms with Gasteiger partial charge in [0, 0.05) is 18.8 Å². The highest BCUT2D eigenvalue weighted by Crippen LogP contribution is 2.46. The quantitative estimate of drug-likeness (QED) is 0.756. The molecular formula is C23H23NO5. The number of aliphatic hydroxyl groups is 1. The summed E-state index contributed by atoms with van der Waals surface area (Å²) in [6.45, 7) is 3.80. The Morgan fingerprint density at radius 2 is 1.66 bits per heavy atom. The Bertz CT molecular complexity index is 924. The third kappa shape index (κ3) is 3.63. The summed E-state index contributed by atoms with van der Waals surface area (Å²) in [5.74, 6) is -0.663. The fraction of sp³-hybridized carbons (Fsp3) is 0.304. The number of β-amino-alcohol motifs (C(OH)–C–C–N with tert-alkyl or cyclic N) is 1. The molecule has 0 unspecified atom stereocenters. The normalized spacial score (nSPS) is 20.2. The number of benzene rings is 2. The van der Waals surface area contributed by atoms with Crippen LogP contribution in [0.5, 0.6) is 0 Å². The van der Waals surface area contributed by atoms with Crippen molar-refractivity contribution in [3.63, 3.8) is 0 Å². The van der Waals surface area contributed by atoms with E-state index in [-0.39, 0.29) is 18.9 Å². The molecule has 6 nitrogen and oxygen atoms in total. The lowest BCUT2D eigenvalue weighted by Crippen LogP contribution is -2.40. The van der Waals surface area contributed by atoms with Gasteiger partial charge in [-0.1, -0.05) is 55.1 Å². The standard InChI is InChI=1S/C23H23NO5/c1-14(29-23(28)24-13-15(25)12-21(24)22(26)27)10-11-20-18-8-4-2-6-16(18)17-7-3-5-9-19(17)20/h2-9,15,20-21,25H,1,10-13H2,(H,26,27)/t15-,21+/m1/s1. The van der Waals surface area contributed by atoms with Gasteiger partial charge in [0.25, 0.3) is 0 Å². The summed E-state index contributed by atoms with van der Waals surface area (Å²) in [4.78, 5) is 24.7. The largest absolute Gasteiger partial charge is 0.480 e. The number of rotatable bonds is 5. The van der Waals surface area contributed by atoms with E-state index >= 15 is 0 Å². The van der Waals surface area contributed by atoms with Gasteiger partial charge in [-0.25, -0.2) is 9.59 Å². The van der Waals surface area contributed by atoms with Crippen LogP contribution in [0.3, 0.4) is 0 Å². The topological polar surface area (TPSA) is 87.1 Å². The number of aliphatic carboxylic acids is 1. The number of hydrogen-bond acceptors (Lipinski definition) is 4. The Kier molecular flexibility index (Phi) is 5.11. The fourth-order valence-corrected chi connectivity index (χ4v) is 4.36. The van der Waals surface area contributed by atoms with Gasteiger partial charge >= 0.3 is 12.1 Å². The molecule has 1 aliphatic heterocycles. The second-order valence-electron chi connectivity index (χ2n) is 7.57. The van der Waals surface area contributed by atoms with Crippen LogP contribution in [0.25, 0.3) is 11.1 Å². The number of amides is 1. The lowest BCUT2D eigenvalue weighted by atomic mass is 9.92. The van der Waals surface area contributed by atoms with Crippen LogP contribution in [0, 0.1) is 0 Å². The number of likely N-dealkylation sites (tertiary alicyclic amines) is 1. The first-order valence-corrected chi connectivity index (χ1v) is 9.71. The number of carbonyl (C=O) groups is 2. The van der Waals surface area contributed by atoms with Crippen LogP contribution in [0.1, 0.15) is 36.3 Å². The second kappa shape index (κ2) is 7.72. The molecule has 0 spiro atoms. The number of ether oxygens (including phenoxy) is 1. The fourth-order valence-electron chi connectivity index (χ4n) is 4.36. The maximum atomic E-state index is 12.4.